The monoisotopic (exact) mass is 210 g/mol. The molecule has 2 unspecified atom stereocenters. The largest absolute Gasteiger partial charge is 0.468 e. The van der Waals surface area contributed by atoms with E-state index in [1.165, 1.54) is 0 Å². The minimum absolute atomic E-state index is 0.264. The number of ether oxygens (including phenoxy) is 1. The SMILES string of the molecule is NCC1CCC(CNCc2ccco2)O1. The van der Waals surface area contributed by atoms with E-state index in [-0.39, 0.29) is 6.10 Å². The van der Waals surface area contributed by atoms with E-state index in [9.17, 15) is 0 Å². The third kappa shape index (κ3) is 3.06. The van der Waals surface area contributed by atoms with E-state index in [0.717, 1.165) is 31.7 Å². The van der Waals surface area contributed by atoms with Crippen molar-refractivity contribution in [3.63, 3.8) is 0 Å². The second kappa shape index (κ2) is 5.30. The Morgan fingerprint density at radius 2 is 2.27 bits per heavy atom. The van der Waals surface area contributed by atoms with Gasteiger partial charge in [-0.15, -0.1) is 0 Å². The average molecular weight is 210 g/mol. The van der Waals surface area contributed by atoms with Gasteiger partial charge in [-0.3, -0.25) is 0 Å². The molecule has 0 aromatic carbocycles. The summed E-state index contributed by atoms with van der Waals surface area (Å²) in [4.78, 5) is 0. The highest BCUT2D eigenvalue weighted by molar-refractivity contribution is 4.97. The second-order valence-electron chi connectivity index (χ2n) is 3.90. The molecule has 84 valence electrons. The molecule has 0 aliphatic carbocycles. The molecule has 0 radical (unpaired) electrons. The lowest BCUT2D eigenvalue weighted by molar-refractivity contribution is 0.0501. The Morgan fingerprint density at radius 3 is 2.93 bits per heavy atom. The number of furan rings is 1. The maximum Gasteiger partial charge on any atom is 0.117 e. The summed E-state index contributed by atoms with van der Waals surface area (Å²) in [6.45, 7) is 2.27. The summed E-state index contributed by atoms with van der Waals surface area (Å²) in [6, 6.07) is 3.86. The van der Waals surface area contributed by atoms with Crippen LogP contribution in [0.15, 0.2) is 22.8 Å². The molecular weight excluding hydrogens is 192 g/mol. The van der Waals surface area contributed by atoms with Gasteiger partial charge in [0.2, 0.25) is 0 Å². The van der Waals surface area contributed by atoms with E-state index in [0.29, 0.717) is 12.6 Å². The number of nitrogens with two attached hydrogens (primary N) is 1. The molecule has 1 fully saturated rings. The van der Waals surface area contributed by atoms with Crippen molar-refractivity contribution in [1.82, 2.24) is 5.32 Å². The topological polar surface area (TPSA) is 60.4 Å². The smallest absolute Gasteiger partial charge is 0.117 e. The van der Waals surface area contributed by atoms with Gasteiger partial charge in [0.15, 0.2) is 0 Å². The van der Waals surface area contributed by atoms with Crippen LogP contribution in [0, 0.1) is 0 Å². The number of hydrogen-bond acceptors (Lipinski definition) is 4. The van der Waals surface area contributed by atoms with Crippen molar-refractivity contribution in [3.05, 3.63) is 24.2 Å². The lowest BCUT2D eigenvalue weighted by atomic mass is 10.2. The fourth-order valence-corrected chi connectivity index (χ4v) is 1.87. The van der Waals surface area contributed by atoms with Gasteiger partial charge in [0.05, 0.1) is 25.0 Å². The van der Waals surface area contributed by atoms with Gasteiger partial charge in [0.1, 0.15) is 5.76 Å². The summed E-state index contributed by atoms with van der Waals surface area (Å²) in [6.07, 6.45) is 4.46. The first kappa shape index (κ1) is 10.7. The number of nitrogens with one attached hydrogen (secondary N) is 1. The van der Waals surface area contributed by atoms with Crippen LogP contribution in [0.5, 0.6) is 0 Å². The maximum absolute atomic E-state index is 5.71. The Bertz CT molecular complexity index is 274. The molecule has 3 N–H and O–H groups in total. The van der Waals surface area contributed by atoms with Gasteiger partial charge in [0, 0.05) is 13.1 Å². The molecule has 4 heteroatoms. The van der Waals surface area contributed by atoms with Gasteiger partial charge in [0.25, 0.3) is 0 Å². The molecule has 2 heterocycles. The van der Waals surface area contributed by atoms with Crippen LogP contribution in [0.4, 0.5) is 0 Å². The van der Waals surface area contributed by atoms with Crippen molar-refractivity contribution in [3.8, 4) is 0 Å². The van der Waals surface area contributed by atoms with Gasteiger partial charge in [-0.25, -0.2) is 0 Å². The Balaban J connectivity index is 1.63. The lowest BCUT2D eigenvalue weighted by Crippen LogP contribution is -2.28. The zero-order valence-corrected chi connectivity index (χ0v) is 8.82. The van der Waals surface area contributed by atoms with Gasteiger partial charge in [-0.1, -0.05) is 0 Å². The van der Waals surface area contributed by atoms with Crippen molar-refractivity contribution < 1.29 is 9.15 Å². The van der Waals surface area contributed by atoms with Crippen LogP contribution < -0.4 is 11.1 Å². The molecule has 1 aromatic heterocycles. The Morgan fingerprint density at radius 1 is 1.40 bits per heavy atom. The first-order valence-electron chi connectivity index (χ1n) is 5.47. The fourth-order valence-electron chi connectivity index (χ4n) is 1.87. The van der Waals surface area contributed by atoms with Gasteiger partial charge < -0.3 is 20.2 Å². The van der Waals surface area contributed by atoms with Gasteiger partial charge in [-0.2, -0.15) is 0 Å². The summed E-state index contributed by atoms with van der Waals surface area (Å²) in [5.74, 6) is 0.961. The van der Waals surface area contributed by atoms with E-state index in [1.807, 2.05) is 12.1 Å². The predicted octanol–water partition coefficient (Wildman–Crippen LogP) is 0.875. The van der Waals surface area contributed by atoms with Crippen LogP contribution in [-0.2, 0) is 11.3 Å². The summed E-state index contributed by atoms with van der Waals surface area (Å²) >= 11 is 0. The zero-order valence-electron chi connectivity index (χ0n) is 8.82. The van der Waals surface area contributed by atoms with Crippen molar-refractivity contribution in [2.45, 2.75) is 31.6 Å². The Hall–Kier alpha value is -0.840. The van der Waals surface area contributed by atoms with Gasteiger partial charge >= 0.3 is 0 Å². The fraction of sp³-hybridized carbons (Fsp3) is 0.636. The summed E-state index contributed by atoms with van der Waals surface area (Å²) < 4.78 is 10.9. The van der Waals surface area contributed by atoms with Crippen LogP contribution in [0.2, 0.25) is 0 Å². The zero-order chi connectivity index (χ0) is 10.5. The van der Waals surface area contributed by atoms with Crippen molar-refractivity contribution >= 4 is 0 Å². The van der Waals surface area contributed by atoms with E-state index >= 15 is 0 Å². The van der Waals surface area contributed by atoms with Crippen LogP contribution in [0.1, 0.15) is 18.6 Å². The van der Waals surface area contributed by atoms with Crippen LogP contribution in [-0.4, -0.2) is 25.3 Å². The van der Waals surface area contributed by atoms with E-state index in [1.54, 1.807) is 6.26 Å². The number of rotatable bonds is 5. The Labute approximate surface area is 89.8 Å². The minimum Gasteiger partial charge on any atom is -0.468 e. The summed E-state index contributed by atoms with van der Waals surface area (Å²) in [7, 11) is 0. The van der Waals surface area contributed by atoms with Crippen LogP contribution in [0.25, 0.3) is 0 Å². The minimum atomic E-state index is 0.264. The number of hydrogen-bond donors (Lipinski definition) is 2. The van der Waals surface area contributed by atoms with Gasteiger partial charge in [-0.05, 0) is 25.0 Å². The average Bonchev–Trinajstić information content (AvgIpc) is 2.88. The third-order valence-electron chi connectivity index (χ3n) is 2.71. The second-order valence-corrected chi connectivity index (χ2v) is 3.90. The van der Waals surface area contributed by atoms with Crippen LogP contribution in [0.3, 0.4) is 0 Å². The molecule has 15 heavy (non-hydrogen) atoms. The van der Waals surface area contributed by atoms with Crippen LogP contribution >= 0.6 is 0 Å². The molecule has 0 spiro atoms. The summed E-state index contributed by atoms with van der Waals surface area (Å²) in [5, 5.41) is 3.31. The molecule has 0 amide bonds. The van der Waals surface area contributed by atoms with E-state index in [4.69, 9.17) is 14.9 Å². The molecule has 0 saturated carbocycles. The maximum atomic E-state index is 5.71. The predicted molar refractivity (Wildman–Crippen MR) is 57.4 cm³/mol. The molecule has 1 aromatic rings. The molecule has 2 atom stereocenters. The van der Waals surface area contributed by atoms with Crippen molar-refractivity contribution in [2.24, 2.45) is 5.73 Å². The van der Waals surface area contributed by atoms with Crippen molar-refractivity contribution in [2.75, 3.05) is 13.1 Å². The molecule has 1 aliphatic heterocycles. The normalized spacial score (nSPS) is 25.9. The molecule has 0 bridgehead atoms. The standard InChI is InChI=1S/C11H18N2O2/c12-6-9-3-4-11(15-9)8-13-7-10-2-1-5-14-10/h1-2,5,9,11,13H,3-4,6-8,12H2. The molecule has 2 rings (SSSR count). The quantitative estimate of drug-likeness (QED) is 0.757. The highest BCUT2D eigenvalue weighted by Gasteiger charge is 2.23. The molecule has 1 saturated heterocycles. The highest BCUT2D eigenvalue weighted by Crippen LogP contribution is 2.18. The highest BCUT2D eigenvalue weighted by atomic mass is 16.5. The lowest BCUT2D eigenvalue weighted by Gasteiger charge is -2.12. The Kier molecular flexibility index (Phi) is 3.77. The van der Waals surface area contributed by atoms with E-state index < -0.39 is 0 Å². The first-order valence-corrected chi connectivity index (χ1v) is 5.47. The van der Waals surface area contributed by atoms with E-state index in [2.05, 4.69) is 5.32 Å². The third-order valence-corrected chi connectivity index (χ3v) is 2.71. The molecule has 4 nitrogen and oxygen atoms in total. The molecule has 1 aliphatic rings. The van der Waals surface area contributed by atoms with Crippen molar-refractivity contribution in [1.29, 1.82) is 0 Å². The summed E-state index contributed by atoms with van der Waals surface area (Å²) in [5.41, 5.74) is 5.54. The molecular formula is C11H18N2O2. The first-order chi connectivity index (χ1) is 7.38.